The zero-order chi connectivity index (χ0) is 14.5. The Morgan fingerprint density at radius 1 is 0.909 bits per heavy atom. The van der Waals surface area contributed by atoms with Gasteiger partial charge in [-0.15, -0.1) is 0 Å². The molecule has 1 fully saturated rings. The second-order valence-corrected chi connectivity index (χ2v) is 5.70. The third kappa shape index (κ3) is 3.96. The van der Waals surface area contributed by atoms with Crippen molar-refractivity contribution in [1.29, 1.82) is 0 Å². The number of likely N-dealkylation sites (tertiary alicyclic amines) is 1. The first kappa shape index (κ1) is 16.7. The molecule has 2 nitrogen and oxygen atoms in total. The Morgan fingerprint density at radius 3 is 2.05 bits per heavy atom. The first-order chi connectivity index (χ1) is 10.3. The van der Waals surface area contributed by atoms with Gasteiger partial charge >= 0.3 is 0 Å². The van der Waals surface area contributed by atoms with Crippen LogP contribution in [0, 0.1) is 0 Å². The van der Waals surface area contributed by atoms with Crippen molar-refractivity contribution in [3.8, 4) is 0 Å². The summed E-state index contributed by atoms with van der Waals surface area (Å²) in [4.78, 5) is 15.3. The molecule has 0 aromatic heterocycles. The minimum atomic E-state index is -0.0632. The number of hydrogen-bond donors (Lipinski definition) is 0. The molecule has 3 heteroatoms. The fourth-order valence-corrected chi connectivity index (χ4v) is 3.05. The van der Waals surface area contributed by atoms with Gasteiger partial charge in [-0.2, -0.15) is 0 Å². The van der Waals surface area contributed by atoms with Gasteiger partial charge in [0.1, 0.15) is 0 Å². The Hall–Kier alpha value is -1.64. The fourth-order valence-electron chi connectivity index (χ4n) is 3.05. The second kappa shape index (κ2) is 8.11. The topological polar surface area (TPSA) is 20.3 Å². The van der Waals surface area contributed by atoms with Crippen LogP contribution in [0.3, 0.4) is 0 Å². The monoisotopic (exact) mass is 314 g/mol. The van der Waals surface area contributed by atoms with Crippen molar-refractivity contribution in [2.75, 3.05) is 19.6 Å². The Balaban J connectivity index is 0.00000176. The summed E-state index contributed by atoms with van der Waals surface area (Å²) in [6.07, 6.45) is 2.50. The number of carbonyl (C=O) groups is 1. The maximum absolute atomic E-state index is 12.9. The summed E-state index contributed by atoms with van der Waals surface area (Å²) in [5.74, 6) is 0.167. The molecule has 0 N–H and O–H groups in total. The number of Topliss-reactive ketones (excluding diaryl/α,β-unsaturated/α-hetero) is 1. The molecule has 2 aromatic carbocycles. The van der Waals surface area contributed by atoms with Crippen molar-refractivity contribution in [2.45, 2.75) is 18.8 Å². The summed E-state index contributed by atoms with van der Waals surface area (Å²) < 4.78 is 0. The van der Waals surface area contributed by atoms with Crippen LogP contribution >= 0.6 is 0 Å². The highest BCUT2D eigenvalue weighted by molar-refractivity contribution is 6.01. The van der Waals surface area contributed by atoms with Crippen LogP contribution in [-0.2, 0) is 0 Å². The molecule has 0 amide bonds. The predicted molar refractivity (Wildman–Crippen MR) is 85.6 cm³/mol. The van der Waals surface area contributed by atoms with Crippen LogP contribution in [0.1, 0.15) is 34.7 Å². The lowest BCUT2D eigenvalue weighted by Crippen LogP contribution is -3.00. The Labute approximate surface area is 138 Å². The van der Waals surface area contributed by atoms with Crippen molar-refractivity contribution >= 4 is 5.78 Å². The Morgan fingerprint density at radius 2 is 1.45 bits per heavy atom. The Kier molecular flexibility index (Phi) is 6.17. The fraction of sp³-hybridized carbons (Fsp3) is 0.316. The summed E-state index contributed by atoms with van der Waals surface area (Å²) in [6, 6.07) is 19.8. The van der Waals surface area contributed by atoms with E-state index in [2.05, 4.69) is 17.0 Å². The smallest absolute Gasteiger partial charge is 0.171 e. The summed E-state index contributed by atoms with van der Waals surface area (Å²) in [6.45, 7) is 3.06. The van der Waals surface area contributed by atoms with Crippen LogP contribution in [-0.4, -0.2) is 30.3 Å². The number of carbonyl (C=O) groups excluding carboxylic acids is 1. The first-order valence-electron chi connectivity index (χ1n) is 7.71. The van der Waals surface area contributed by atoms with Crippen LogP contribution in [0.25, 0.3) is 0 Å². The minimum absolute atomic E-state index is 0. The Bertz CT molecular complexity index is 579. The van der Waals surface area contributed by atoms with Crippen LogP contribution < -0.4 is 12.4 Å². The minimum Gasteiger partial charge on any atom is -1.00 e. The molecule has 3 rings (SSSR count). The van der Waals surface area contributed by atoms with Gasteiger partial charge < -0.3 is 17.3 Å². The zero-order valence-electron chi connectivity index (χ0n) is 12.6. The van der Waals surface area contributed by atoms with Gasteiger partial charge in [-0.3, -0.25) is 4.79 Å². The molecule has 1 heterocycles. The normalized spacial score (nSPS) is 16.0. The van der Waals surface area contributed by atoms with Crippen LogP contribution in [0.4, 0.5) is 0 Å². The molecule has 1 saturated heterocycles. The number of rotatable bonds is 5. The van der Waals surface area contributed by atoms with Gasteiger partial charge in [-0.1, -0.05) is 60.7 Å². The third-order valence-electron chi connectivity index (χ3n) is 4.22. The number of benzene rings is 2. The summed E-state index contributed by atoms with van der Waals surface area (Å²) in [5, 5.41) is 0. The lowest BCUT2D eigenvalue weighted by molar-refractivity contribution is -0.0000122. The van der Waals surface area contributed by atoms with Crippen molar-refractivity contribution in [2.24, 2.45) is 0 Å². The molecular formula is C19H21ClNO-. The van der Waals surface area contributed by atoms with E-state index in [1.807, 2.05) is 48.5 Å². The van der Waals surface area contributed by atoms with Crippen LogP contribution in [0.2, 0.25) is 0 Å². The lowest BCUT2D eigenvalue weighted by Gasteiger charge is -2.23. The lowest BCUT2D eigenvalue weighted by atomic mass is 9.90. The summed E-state index contributed by atoms with van der Waals surface area (Å²) >= 11 is 0. The molecule has 1 aliphatic rings. The molecule has 0 radical (unpaired) electrons. The molecule has 1 aliphatic heterocycles. The third-order valence-corrected chi connectivity index (χ3v) is 4.22. The van der Waals surface area contributed by atoms with Crippen molar-refractivity contribution < 1.29 is 17.2 Å². The second-order valence-electron chi connectivity index (χ2n) is 5.70. The van der Waals surface area contributed by atoms with E-state index in [-0.39, 0.29) is 24.1 Å². The number of nitrogens with zero attached hydrogens (tertiary/aromatic N) is 1. The summed E-state index contributed by atoms with van der Waals surface area (Å²) in [7, 11) is 0. The van der Waals surface area contributed by atoms with Gasteiger partial charge in [0.2, 0.25) is 0 Å². The highest BCUT2D eigenvalue weighted by atomic mass is 35.5. The van der Waals surface area contributed by atoms with E-state index in [0.29, 0.717) is 0 Å². The van der Waals surface area contributed by atoms with E-state index < -0.39 is 0 Å². The van der Waals surface area contributed by atoms with Crippen molar-refractivity contribution in [3.05, 3.63) is 71.8 Å². The molecule has 1 atom stereocenters. The van der Waals surface area contributed by atoms with E-state index in [4.69, 9.17) is 0 Å². The van der Waals surface area contributed by atoms with Crippen molar-refractivity contribution in [3.63, 3.8) is 0 Å². The van der Waals surface area contributed by atoms with Gasteiger partial charge in [-0.05, 0) is 31.5 Å². The number of ketones is 1. The van der Waals surface area contributed by atoms with Gasteiger partial charge in [0.25, 0.3) is 0 Å². The van der Waals surface area contributed by atoms with Crippen LogP contribution in [0.15, 0.2) is 60.7 Å². The zero-order valence-corrected chi connectivity index (χ0v) is 13.4. The highest BCUT2D eigenvalue weighted by Crippen LogP contribution is 2.24. The number of halogens is 1. The van der Waals surface area contributed by atoms with E-state index in [9.17, 15) is 4.79 Å². The van der Waals surface area contributed by atoms with E-state index in [0.717, 1.165) is 30.8 Å². The predicted octanol–water partition coefficient (Wildman–Crippen LogP) is 0.753. The van der Waals surface area contributed by atoms with Gasteiger partial charge in [-0.25, -0.2) is 0 Å². The first-order valence-corrected chi connectivity index (χ1v) is 7.71. The molecular weight excluding hydrogens is 294 g/mol. The molecule has 0 aliphatic carbocycles. The number of hydrogen-bond acceptors (Lipinski definition) is 2. The van der Waals surface area contributed by atoms with E-state index >= 15 is 0 Å². The molecule has 116 valence electrons. The SMILES string of the molecule is O=C(c1ccccc1)C(CN1CCCC1)c1ccccc1.[Cl-]. The average molecular weight is 315 g/mol. The highest BCUT2D eigenvalue weighted by Gasteiger charge is 2.25. The molecule has 22 heavy (non-hydrogen) atoms. The maximum atomic E-state index is 12.9. The molecule has 0 spiro atoms. The van der Waals surface area contributed by atoms with E-state index in [1.165, 1.54) is 12.8 Å². The maximum Gasteiger partial charge on any atom is 0.171 e. The van der Waals surface area contributed by atoms with Gasteiger partial charge in [0.05, 0.1) is 5.92 Å². The summed E-state index contributed by atoms with van der Waals surface area (Å²) in [5.41, 5.74) is 1.93. The molecule has 0 bridgehead atoms. The standard InChI is InChI=1S/C19H21NO.ClH/c21-19(17-11-5-2-6-12-17)18(15-20-13-7-8-14-20)16-9-3-1-4-10-16;/h1-6,9-12,18H,7-8,13-15H2;1H/p-1. The quantitative estimate of drug-likeness (QED) is 0.759. The van der Waals surface area contributed by atoms with E-state index in [1.54, 1.807) is 0 Å². The molecule has 2 aromatic rings. The average Bonchev–Trinajstić information content (AvgIpc) is 3.07. The van der Waals surface area contributed by atoms with Crippen LogP contribution in [0.5, 0.6) is 0 Å². The molecule has 0 saturated carbocycles. The van der Waals surface area contributed by atoms with Gasteiger partial charge in [0.15, 0.2) is 5.78 Å². The van der Waals surface area contributed by atoms with Gasteiger partial charge in [0, 0.05) is 12.1 Å². The molecule has 1 unspecified atom stereocenters. The van der Waals surface area contributed by atoms with Crippen molar-refractivity contribution in [1.82, 2.24) is 4.90 Å². The largest absolute Gasteiger partial charge is 1.00 e.